The van der Waals surface area contributed by atoms with Crippen molar-refractivity contribution in [2.24, 2.45) is 11.7 Å². The molecule has 1 aliphatic rings. The number of aliphatic hydroxyl groups is 1. The molecule has 176 valence electrons. The number of carbonyl (C=O) groups is 2. The monoisotopic (exact) mass is 480 g/mol. The Labute approximate surface area is 192 Å². The van der Waals surface area contributed by atoms with Crippen LogP contribution in [0.25, 0.3) is 10.6 Å². The minimum atomic E-state index is -4.48. The van der Waals surface area contributed by atoms with E-state index in [-0.39, 0.29) is 21.6 Å². The van der Waals surface area contributed by atoms with E-state index in [2.05, 4.69) is 22.1 Å². The standard InChI is InChI=1S/C22H23F3N4O3S/c1-3-15-11-29(4-2)20(31)21(15,32)9-8-13-6-5-7-14(10-13)18-28-16(17(26)30)19(33-18)27-12-22(23,24)25/h5-7,10,15,27,32H,3-4,11-12H2,1-2H3,(H2,26,30)/t15?,21-/m0/s1. The van der Waals surface area contributed by atoms with Crippen LogP contribution in [-0.2, 0) is 4.79 Å². The van der Waals surface area contributed by atoms with Crippen LogP contribution in [0.4, 0.5) is 18.2 Å². The van der Waals surface area contributed by atoms with Crippen molar-refractivity contribution in [3.05, 3.63) is 35.5 Å². The van der Waals surface area contributed by atoms with Gasteiger partial charge in [0.25, 0.3) is 11.8 Å². The van der Waals surface area contributed by atoms with Gasteiger partial charge < -0.3 is 21.1 Å². The number of nitrogens with zero attached hydrogens (tertiary/aromatic N) is 2. The Kier molecular flexibility index (Phi) is 7.00. The molecular weight excluding hydrogens is 457 g/mol. The zero-order valence-electron chi connectivity index (χ0n) is 18.0. The summed E-state index contributed by atoms with van der Waals surface area (Å²) in [7, 11) is 0. The fourth-order valence-electron chi connectivity index (χ4n) is 3.56. The van der Waals surface area contributed by atoms with E-state index >= 15 is 0 Å². The van der Waals surface area contributed by atoms with Gasteiger partial charge in [-0.2, -0.15) is 13.2 Å². The molecule has 0 bridgehead atoms. The van der Waals surface area contributed by atoms with Gasteiger partial charge in [-0.1, -0.05) is 42.2 Å². The van der Waals surface area contributed by atoms with E-state index in [1.807, 2.05) is 13.8 Å². The number of rotatable bonds is 6. The number of aromatic nitrogens is 1. The number of likely N-dealkylation sites (tertiary alicyclic amines) is 1. The Morgan fingerprint density at radius 3 is 2.76 bits per heavy atom. The number of alkyl halides is 3. The summed E-state index contributed by atoms with van der Waals surface area (Å²) in [5, 5.41) is 13.3. The molecule has 3 rings (SSSR count). The number of primary amides is 1. The zero-order chi connectivity index (χ0) is 24.4. The molecule has 1 aliphatic heterocycles. The molecular formula is C22H23F3N4O3S. The quantitative estimate of drug-likeness (QED) is 0.551. The van der Waals surface area contributed by atoms with Gasteiger partial charge in [0.05, 0.1) is 0 Å². The molecule has 1 unspecified atom stereocenters. The SMILES string of the molecule is CCC1CN(CC)C(=O)[C@]1(O)C#Cc1cccc(-c2nc(C(N)=O)c(NCC(F)(F)F)s2)c1. The van der Waals surface area contributed by atoms with Crippen LogP contribution in [0.1, 0.15) is 36.3 Å². The van der Waals surface area contributed by atoms with Gasteiger partial charge in [0, 0.05) is 30.1 Å². The van der Waals surface area contributed by atoms with Crippen molar-refractivity contribution in [3.63, 3.8) is 0 Å². The average molecular weight is 481 g/mol. The summed E-state index contributed by atoms with van der Waals surface area (Å²) in [4.78, 5) is 29.9. The second kappa shape index (κ2) is 9.41. The number of carbonyl (C=O) groups excluding carboxylic acids is 2. The van der Waals surface area contributed by atoms with Gasteiger partial charge in [-0.15, -0.1) is 0 Å². The van der Waals surface area contributed by atoms with Gasteiger partial charge in [0.2, 0.25) is 5.60 Å². The highest BCUT2D eigenvalue weighted by molar-refractivity contribution is 7.19. The molecule has 0 spiro atoms. The van der Waals surface area contributed by atoms with Gasteiger partial charge in [0.15, 0.2) is 5.69 Å². The van der Waals surface area contributed by atoms with Crippen LogP contribution in [-0.4, -0.2) is 58.2 Å². The van der Waals surface area contributed by atoms with Gasteiger partial charge in [-0.3, -0.25) is 9.59 Å². The number of nitrogens with one attached hydrogen (secondary N) is 1. The molecule has 1 fully saturated rings. The highest BCUT2D eigenvalue weighted by Gasteiger charge is 2.50. The Morgan fingerprint density at radius 1 is 1.42 bits per heavy atom. The Balaban J connectivity index is 1.91. The molecule has 1 aromatic heterocycles. The lowest BCUT2D eigenvalue weighted by Gasteiger charge is -2.19. The van der Waals surface area contributed by atoms with Crippen molar-refractivity contribution in [2.75, 3.05) is 25.0 Å². The lowest BCUT2D eigenvalue weighted by atomic mass is 9.88. The lowest BCUT2D eigenvalue weighted by molar-refractivity contribution is -0.139. The number of amides is 2. The summed E-state index contributed by atoms with van der Waals surface area (Å²) < 4.78 is 37.7. The molecule has 0 aliphatic carbocycles. The van der Waals surface area contributed by atoms with Crippen molar-refractivity contribution >= 4 is 28.2 Å². The molecule has 11 heteroatoms. The highest BCUT2D eigenvalue weighted by atomic mass is 32.1. The van der Waals surface area contributed by atoms with E-state index in [9.17, 15) is 27.9 Å². The maximum atomic E-state index is 12.6. The van der Waals surface area contributed by atoms with E-state index in [4.69, 9.17) is 5.73 Å². The molecule has 1 aromatic carbocycles. The van der Waals surface area contributed by atoms with Crippen molar-refractivity contribution in [3.8, 4) is 22.4 Å². The second-order valence-corrected chi connectivity index (χ2v) is 8.57. The summed E-state index contributed by atoms with van der Waals surface area (Å²) in [6.07, 6.45) is -3.90. The number of hydrogen-bond donors (Lipinski definition) is 3. The Morgan fingerprint density at radius 2 is 2.15 bits per heavy atom. The first kappa shape index (κ1) is 24.5. The highest BCUT2D eigenvalue weighted by Crippen LogP contribution is 2.34. The first-order valence-corrected chi connectivity index (χ1v) is 11.1. The molecule has 2 atom stereocenters. The summed E-state index contributed by atoms with van der Waals surface area (Å²) in [6.45, 7) is 3.29. The third kappa shape index (κ3) is 5.29. The van der Waals surface area contributed by atoms with Crippen LogP contribution in [0.2, 0.25) is 0 Å². The summed E-state index contributed by atoms with van der Waals surface area (Å²) in [5.74, 6) is 3.87. The normalized spacial score (nSPS) is 20.5. The minimum absolute atomic E-state index is 0.0809. The summed E-state index contributed by atoms with van der Waals surface area (Å²) in [6, 6.07) is 6.60. The maximum Gasteiger partial charge on any atom is 0.405 e. The smallest absolute Gasteiger partial charge is 0.369 e. The predicted molar refractivity (Wildman–Crippen MR) is 118 cm³/mol. The zero-order valence-corrected chi connectivity index (χ0v) is 18.8. The minimum Gasteiger partial charge on any atom is -0.369 e. The number of thiazole rings is 1. The van der Waals surface area contributed by atoms with Gasteiger partial charge in [-0.05, 0) is 25.5 Å². The van der Waals surface area contributed by atoms with Crippen molar-refractivity contribution in [1.29, 1.82) is 0 Å². The number of benzene rings is 1. The number of nitrogens with two attached hydrogens (primary N) is 1. The van der Waals surface area contributed by atoms with Crippen LogP contribution in [0, 0.1) is 17.8 Å². The Bertz CT molecular complexity index is 1120. The van der Waals surface area contributed by atoms with E-state index in [1.165, 1.54) is 0 Å². The van der Waals surface area contributed by atoms with Crippen LogP contribution in [0.3, 0.4) is 0 Å². The molecule has 4 N–H and O–H groups in total. The largest absolute Gasteiger partial charge is 0.405 e. The second-order valence-electron chi connectivity index (χ2n) is 7.58. The molecule has 2 heterocycles. The van der Waals surface area contributed by atoms with E-state index < -0.39 is 30.1 Å². The van der Waals surface area contributed by atoms with Crippen LogP contribution in [0.5, 0.6) is 0 Å². The van der Waals surface area contributed by atoms with E-state index in [0.29, 0.717) is 30.6 Å². The van der Waals surface area contributed by atoms with Gasteiger partial charge in [-0.25, -0.2) is 4.98 Å². The molecule has 0 radical (unpaired) electrons. The van der Waals surface area contributed by atoms with Gasteiger partial charge in [0.1, 0.15) is 16.6 Å². The van der Waals surface area contributed by atoms with Crippen molar-refractivity contribution in [2.45, 2.75) is 32.0 Å². The van der Waals surface area contributed by atoms with Crippen LogP contribution in [0.15, 0.2) is 24.3 Å². The number of hydrogen-bond acceptors (Lipinski definition) is 6. The first-order valence-electron chi connectivity index (χ1n) is 10.2. The molecule has 0 saturated carbocycles. The average Bonchev–Trinajstić information content (AvgIpc) is 3.30. The molecule has 33 heavy (non-hydrogen) atoms. The third-order valence-corrected chi connectivity index (χ3v) is 6.40. The van der Waals surface area contributed by atoms with Crippen LogP contribution < -0.4 is 11.1 Å². The fourth-order valence-corrected chi connectivity index (χ4v) is 4.52. The van der Waals surface area contributed by atoms with Crippen molar-refractivity contribution < 1.29 is 27.9 Å². The topological polar surface area (TPSA) is 109 Å². The third-order valence-electron chi connectivity index (χ3n) is 5.34. The molecule has 1 saturated heterocycles. The first-order chi connectivity index (χ1) is 15.5. The van der Waals surface area contributed by atoms with Crippen molar-refractivity contribution in [1.82, 2.24) is 9.88 Å². The number of likely N-dealkylation sites (N-methyl/N-ethyl adjacent to an activating group) is 1. The summed E-state index contributed by atoms with van der Waals surface area (Å²) >= 11 is 0.859. The number of anilines is 1. The molecule has 2 aromatic rings. The molecule has 7 nitrogen and oxygen atoms in total. The molecule has 2 amide bonds. The summed E-state index contributed by atoms with van der Waals surface area (Å²) in [5.41, 5.74) is 4.17. The Hall–Kier alpha value is -3.10. The maximum absolute atomic E-state index is 12.6. The fraction of sp³-hybridized carbons (Fsp3) is 0.409. The predicted octanol–water partition coefficient (Wildman–Crippen LogP) is 2.85. The number of halogens is 3. The lowest BCUT2D eigenvalue weighted by Crippen LogP contribution is -2.42. The van der Waals surface area contributed by atoms with Gasteiger partial charge >= 0.3 is 6.18 Å². The van der Waals surface area contributed by atoms with E-state index in [1.54, 1.807) is 29.2 Å². The van der Waals surface area contributed by atoms with Crippen LogP contribution >= 0.6 is 11.3 Å². The van der Waals surface area contributed by atoms with E-state index in [0.717, 1.165) is 11.3 Å².